The van der Waals surface area contributed by atoms with Crippen molar-refractivity contribution >= 4 is 22.5 Å². The smallest absolute Gasteiger partial charge is 0.286 e. The normalized spacial score (nSPS) is 13.8. The summed E-state index contributed by atoms with van der Waals surface area (Å²) in [5, 5.41) is 3.17. The number of nitrogens with one attached hydrogen (secondary N) is 1. The van der Waals surface area contributed by atoms with Gasteiger partial charge in [0.05, 0.1) is 19.2 Å². The van der Waals surface area contributed by atoms with Gasteiger partial charge in [0.1, 0.15) is 5.75 Å². The number of halogens is 1. The summed E-state index contributed by atoms with van der Waals surface area (Å²) in [4.78, 5) is 37.0. The quantitative estimate of drug-likeness (QED) is 0.156. The van der Waals surface area contributed by atoms with Gasteiger partial charge in [0, 0.05) is 54.0 Å². The molecule has 1 aliphatic heterocycles. The number of aryl methyl sites for hydroxylation is 1. The highest BCUT2D eigenvalue weighted by molar-refractivity contribution is 6.02. The van der Waals surface area contributed by atoms with Gasteiger partial charge in [-0.2, -0.15) is 0 Å². The van der Waals surface area contributed by atoms with Gasteiger partial charge >= 0.3 is 0 Å². The Morgan fingerprint density at radius 3 is 2.50 bits per heavy atom. The van der Waals surface area contributed by atoms with E-state index >= 15 is 4.39 Å². The standard InChI is InChI=1S/C37H38FN5O5/c1-24-5-8-27(9-6-24)43-19-15-40-35(37(43)45)36(44)41-26-7-10-32(29(38)21-26)48-31-11-14-39-30-23-34(33(46-3)22-28(30)31)47-20-4-16-42-17-12-25(2)13-18-42/h5-11,14-15,19,21-23,25H,4,12-13,16-18,20H2,1-3H3,(H,41,44). The molecule has 0 atom stereocenters. The number of hydrogen-bond donors (Lipinski definition) is 1. The van der Waals surface area contributed by atoms with Crippen LogP contribution in [0.2, 0.25) is 0 Å². The Kier molecular flexibility index (Phi) is 9.96. The van der Waals surface area contributed by atoms with Gasteiger partial charge in [0.2, 0.25) is 0 Å². The van der Waals surface area contributed by atoms with Gasteiger partial charge in [-0.15, -0.1) is 0 Å². The summed E-state index contributed by atoms with van der Waals surface area (Å²) in [7, 11) is 1.56. The molecule has 5 aromatic rings. The monoisotopic (exact) mass is 651 g/mol. The number of aromatic nitrogens is 3. The third kappa shape index (κ3) is 7.47. The first-order valence-corrected chi connectivity index (χ1v) is 16.0. The zero-order chi connectivity index (χ0) is 33.6. The van der Waals surface area contributed by atoms with E-state index in [9.17, 15) is 9.59 Å². The number of ether oxygens (including phenoxy) is 3. The lowest BCUT2D eigenvalue weighted by Crippen LogP contribution is -2.34. The maximum absolute atomic E-state index is 15.3. The minimum absolute atomic E-state index is 0.0635. The Labute approximate surface area is 278 Å². The predicted molar refractivity (Wildman–Crippen MR) is 182 cm³/mol. The Morgan fingerprint density at radius 1 is 0.958 bits per heavy atom. The average Bonchev–Trinajstić information content (AvgIpc) is 3.09. The number of fused-ring (bicyclic) bond motifs is 1. The summed E-state index contributed by atoms with van der Waals surface area (Å²) in [5.74, 6) is 0.714. The van der Waals surface area contributed by atoms with E-state index in [2.05, 4.69) is 27.1 Å². The minimum atomic E-state index is -0.763. The molecule has 1 saturated heterocycles. The zero-order valence-electron chi connectivity index (χ0n) is 27.2. The van der Waals surface area contributed by atoms with Crippen molar-refractivity contribution in [2.45, 2.75) is 33.1 Å². The summed E-state index contributed by atoms with van der Waals surface area (Å²) in [6.07, 6.45) is 7.81. The van der Waals surface area contributed by atoms with Gasteiger partial charge < -0.3 is 24.4 Å². The molecule has 0 spiro atoms. The van der Waals surface area contributed by atoms with Crippen molar-refractivity contribution in [1.82, 2.24) is 19.4 Å². The fraction of sp³-hybridized carbons (Fsp3) is 0.297. The van der Waals surface area contributed by atoms with Crippen LogP contribution >= 0.6 is 0 Å². The van der Waals surface area contributed by atoms with Crippen molar-refractivity contribution in [1.29, 1.82) is 0 Å². The second-order valence-electron chi connectivity index (χ2n) is 12.0. The molecule has 0 radical (unpaired) electrons. The summed E-state index contributed by atoms with van der Waals surface area (Å²) in [5.41, 5.74) is 1.44. The molecule has 2 aromatic heterocycles. The molecule has 0 saturated carbocycles. The van der Waals surface area contributed by atoms with Gasteiger partial charge in [-0.25, -0.2) is 9.37 Å². The number of methoxy groups -OCH3 is 1. The molecular formula is C37H38FN5O5. The van der Waals surface area contributed by atoms with Crippen LogP contribution in [0.4, 0.5) is 10.1 Å². The summed E-state index contributed by atoms with van der Waals surface area (Å²) < 4.78 is 34.3. The number of piperidine rings is 1. The van der Waals surface area contributed by atoms with E-state index in [1.165, 1.54) is 41.9 Å². The molecule has 1 N–H and O–H groups in total. The van der Waals surface area contributed by atoms with E-state index in [1.807, 2.05) is 19.1 Å². The Hall–Kier alpha value is -5.29. The molecule has 1 aliphatic rings. The number of carbonyl (C=O) groups is 1. The highest BCUT2D eigenvalue weighted by Gasteiger charge is 2.18. The number of benzene rings is 3. The molecule has 3 aromatic carbocycles. The lowest BCUT2D eigenvalue weighted by Gasteiger charge is -2.30. The van der Waals surface area contributed by atoms with Crippen LogP contribution in [-0.4, -0.2) is 58.7 Å². The maximum atomic E-state index is 15.3. The van der Waals surface area contributed by atoms with Crippen LogP contribution in [0.5, 0.6) is 23.0 Å². The molecule has 48 heavy (non-hydrogen) atoms. The number of nitrogens with zero attached hydrogens (tertiary/aromatic N) is 4. The van der Waals surface area contributed by atoms with Crippen LogP contribution in [-0.2, 0) is 0 Å². The summed E-state index contributed by atoms with van der Waals surface area (Å²) >= 11 is 0. The van der Waals surface area contributed by atoms with Gasteiger partial charge in [-0.3, -0.25) is 19.1 Å². The number of amides is 1. The first-order chi connectivity index (χ1) is 23.3. The van der Waals surface area contributed by atoms with Crippen molar-refractivity contribution < 1.29 is 23.4 Å². The topological polar surface area (TPSA) is 108 Å². The van der Waals surface area contributed by atoms with Crippen LogP contribution in [0.3, 0.4) is 0 Å². The highest BCUT2D eigenvalue weighted by Crippen LogP contribution is 2.38. The molecule has 1 amide bonds. The van der Waals surface area contributed by atoms with Gasteiger partial charge in [-0.1, -0.05) is 24.6 Å². The first-order valence-electron chi connectivity index (χ1n) is 16.0. The summed E-state index contributed by atoms with van der Waals surface area (Å²) in [6, 6.07) is 16.5. The van der Waals surface area contributed by atoms with Crippen molar-refractivity contribution in [3.8, 4) is 28.7 Å². The van der Waals surface area contributed by atoms with Crippen LogP contribution in [0, 0.1) is 18.7 Å². The van der Waals surface area contributed by atoms with Gasteiger partial charge in [-0.05, 0) is 81.6 Å². The number of carbonyl (C=O) groups excluding carboxylic acids is 1. The van der Waals surface area contributed by atoms with Crippen molar-refractivity contribution in [3.05, 3.63) is 107 Å². The third-order valence-corrected chi connectivity index (χ3v) is 8.52. The number of likely N-dealkylation sites (tertiary alicyclic amines) is 1. The molecule has 248 valence electrons. The molecule has 0 aliphatic carbocycles. The SMILES string of the molecule is COc1cc2c(Oc3ccc(NC(=O)c4nccn(-c5ccc(C)cc5)c4=O)cc3F)ccnc2cc1OCCCN1CCC(C)CC1. The molecule has 6 rings (SSSR count). The van der Waals surface area contributed by atoms with Crippen LogP contribution in [0.25, 0.3) is 16.6 Å². The molecule has 0 unspecified atom stereocenters. The molecule has 11 heteroatoms. The second kappa shape index (κ2) is 14.6. The fourth-order valence-corrected chi connectivity index (χ4v) is 5.69. The predicted octanol–water partition coefficient (Wildman–Crippen LogP) is 6.78. The largest absolute Gasteiger partial charge is 0.493 e. The van der Waals surface area contributed by atoms with Gasteiger partial charge in [0.25, 0.3) is 11.5 Å². The number of anilines is 1. The lowest BCUT2D eigenvalue weighted by molar-refractivity contribution is 0.102. The Morgan fingerprint density at radius 2 is 1.75 bits per heavy atom. The first kappa shape index (κ1) is 32.6. The molecule has 0 bridgehead atoms. The molecule has 1 fully saturated rings. The zero-order valence-corrected chi connectivity index (χ0v) is 27.2. The van der Waals surface area contributed by atoms with Gasteiger partial charge in [0.15, 0.2) is 28.8 Å². The van der Waals surface area contributed by atoms with Crippen molar-refractivity contribution in [2.24, 2.45) is 5.92 Å². The number of hydrogen-bond acceptors (Lipinski definition) is 8. The van der Waals surface area contributed by atoms with E-state index in [-0.39, 0.29) is 17.1 Å². The highest BCUT2D eigenvalue weighted by atomic mass is 19.1. The Balaban J connectivity index is 1.13. The number of pyridine rings is 1. The van der Waals surface area contributed by atoms with E-state index in [4.69, 9.17) is 14.2 Å². The Bertz CT molecular complexity index is 1970. The molecule has 3 heterocycles. The van der Waals surface area contributed by atoms with Crippen molar-refractivity contribution in [3.63, 3.8) is 0 Å². The van der Waals surface area contributed by atoms with E-state index < -0.39 is 17.3 Å². The summed E-state index contributed by atoms with van der Waals surface area (Å²) in [6.45, 7) is 8.04. The lowest BCUT2D eigenvalue weighted by atomic mass is 9.99. The maximum Gasteiger partial charge on any atom is 0.286 e. The van der Waals surface area contributed by atoms with Crippen LogP contribution in [0.1, 0.15) is 42.2 Å². The van der Waals surface area contributed by atoms with E-state index in [1.54, 1.807) is 43.6 Å². The van der Waals surface area contributed by atoms with E-state index in [0.29, 0.717) is 40.4 Å². The number of rotatable bonds is 11. The third-order valence-electron chi connectivity index (χ3n) is 8.52. The molecule has 10 nitrogen and oxygen atoms in total. The van der Waals surface area contributed by atoms with Crippen LogP contribution < -0.4 is 25.1 Å². The van der Waals surface area contributed by atoms with Crippen molar-refractivity contribution in [2.75, 3.05) is 38.7 Å². The second-order valence-corrected chi connectivity index (χ2v) is 12.0. The fourth-order valence-electron chi connectivity index (χ4n) is 5.69. The average molecular weight is 652 g/mol. The minimum Gasteiger partial charge on any atom is -0.493 e. The molecular weight excluding hydrogens is 613 g/mol. The van der Waals surface area contributed by atoms with Crippen LogP contribution in [0.15, 0.2) is 84.0 Å². The van der Waals surface area contributed by atoms with E-state index in [0.717, 1.165) is 43.6 Å².